The van der Waals surface area contributed by atoms with Gasteiger partial charge in [0.25, 0.3) is 0 Å². The van der Waals surface area contributed by atoms with Gasteiger partial charge in [0.05, 0.1) is 24.9 Å². The van der Waals surface area contributed by atoms with Crippen LogP contribution in [0, 0.1) is 27.7 Å². The van der Waals surface area contributed by atoms with E-state index in [-0.39, 0.29) is 205 Å². The first kappa shape index (κ1) is 119. The smallest absolute Gasteiger partial charge is 0.170 e. The van der Waals surface area contributed by atoms with Gasteiger partial charge in [0.15, 0.2) is 5.79 Å². The fraction of sp³-hybridized carbons (Fsp3) is 0.712. The molecule has 0 saturated carbocycles. The number of allylic oxidation sites excluding steroid dienone is 4. The van der Waals surface area contributed by atoms with Crippen molar-refractivity contribution < 1.29 is 180 Å². The van der Waals surface area contributed by atoms with Gasteiger partial charge in [-0.3, -0.25) is 4.79 Å². The van der Waals surface area contributed by atoms with E-state index in [0.29, 0.717) is 44.3 Å². The maximum absolute atomic E-state index is 10.8. The third kappa shape index (κ3) is 87.9. The zero-order valence-electron chi connectivity index (χ0n) is 53.6. The standard InChI is InChI=1S/C11H18NO3.C10H18NO2.C9H16NO2.C9H14NO2.4C3H6.4C2H6.4B.4Y.4H2/c1-10(13)2-5-12-6-3-11(4-7-12)14-8-9-15-11;1-9(12)3-6-11-7-4-10(2,13)5-8-11;2*1-8(11)2-5-10-6-3-9(12)4-7-10;4*1-3-2;4*1-2;;;;;;;;;;;;/h1-9H2;13H,1,3-8H2,2H3;9,12H,1-7H2;1-7H2;4*3H,1H2,2H3;4*1-2H3;;;;;;;;;4*1H/q4*-1;;;;;;;;;;;;;;;;;;;;/i;;;;;;;;;;;;;;;;;;;;4*1+1. The maximum atomic E-state index is 10.8. The van der Waals surface area contributed by atoms with Crippen molar-refractivity contribution in [2.75, 3.05) is 91.8 Å². The van der Waals surface area contributed by atoms with Crippen LogP contribution >= 0.6 is 0 Å². The van der Waals surface area contributed by atoms with Crippen molar-refractivity contribution in [3.63, 3.8) is 0 Å². The normalized spacial score (nSPS) is 15.6. The summed E-state index contributed by atoms with van der Waals surface area (Å²) < 4.78 is 11.3. The average Bonchev–Trinajstić information content (AvgIpc) is 3.82. The van der Waals surface area contributed by atoms with E-state index < -0.39 is 5.60 Å². The molecule has 80 heavy (non-hydrogen) atoms. The predicted molar refractivity (Wildman–Crippen MR) is 339 cm³/mol. The monoisotopic (exact) mass is 1430 g/mol. The van der Waals surface area contributed by atoms with Gasteiger partial charge in [-0.05, 0) is 109 Å². The van der Waals surface area contributed by atoms with Gasteiger partial charge >= 0.3 is 0 Å². The second-order valence-corrected chi connectivity index (χ2v) is 16.5. The number of piperidine rings is 4. The average molecular weight is 1430 g/mol. The number of nitrogens with zero attached hydrogens (tertiary/aromatic N) is 4. The molecule has 5 heterocycles. The van der Waals surface area contributed by atoms with Crippen LogP contribution in [-0.4, -0.2) is 202 Å². The van der Waals surface area contributed by atoms with E-state index in [1.54, 1.807) is 24.3 Å². The van der Waals surface area contributed by atoms with E-state index in [4.69, 9.17) is 9.47 Å². The predicted octanol–water partition coefficient (Wildman–Crippen LogP) is 10.3. The molecule has 0 atom stereocenters. The van der Waals surface area contributed by atoms with Gasteiger partial charge in [-0.15, -0.1) is 26.3 Å². The van der Waals surface area contributed by atoms with E-state index >= 15 is 0 Å². The number of ketones is 5. The number of Topliss-reactive ketones (excluding diaryl/α,β-unsaturated/α-hetero) is 5. The molecule has 0 aliphatic carbocycles. The van der Waals surface area contributed by atoms with Gasteiger partial charge < -0.3 is 86.2 Å². The Morgan fingerprint density at radius 2 is 0.725 bits per heavy atom. The Hall–Kier alpha value is 1.15. The number of carbonyl (C=O) groups is 5. The van der Waals surface area contributed by atoms with Crippen molar-refractivity contribution in [1.29, 1.82) is 0 Å². The van der Waals surface area contributed by atoms with E-state index in [1.807, 2.05) is 90.0 Å². The van der Waals surface area contributed by atoms with Crippen LogP contribution in [0.25, 0.3) is 0 Å². The summed E-state index contributed by atoms with van der Waals surface area (Å²) in [6, 6.07) is 0. The summed E-state index contributed by atoms with van der Waals surface area (Å²) in [7, 11) is 0. The largest absolute Gasteiger partial charge is 0.393 e. The second-order valence-electron chi connectivity index (χ2n) is 16.5. The zero-order chi connectivity index (χ0) is 57.4. The molecule has 5 aliphatic rings. The molecule has 0 aromatic carbocycles. The van der Waals surface area contributed by atoms with Crippen LogP contribution < -0.4 is 0 Å². The number of hydrogen-bond acceptors (Lipinski definition) is 13. The van der Waals surface area contributed by atoms with Crippen LogP contribution in [-0.2, 0) is 164 Å². The first-order valence-corrected chi connectivity index (χ1v) is 27.0. The van der Waals surface area contributed by atoms with E-state index in [9.17, 15) is 34.2 Å². The molecular formula is C59H122B4N4O9Y4-4. The molecule has 21 heteroatoms. The van der Waals surface area contributed by atoms with Gasteiger partial charge in [0.1, 0.15) is 5.78 Å². The number of hydrogen-bond donors (Lipinski definition) is 2. The molecule has 2 N–H and O–H groups in total. The number of rotatable bonds is 12. The third-order valence-electron chi connectivity index (χ3n) is 10.2. The van der Waals surface area contributed by atoms with Gasteiger partial charge in [-0.25, -0.2) is 0 Å². The molecule has 5 rings (SSSR count). The van der Waals surface area contributed by atoms with Crippen LogP contribution in [0.15, 0.2) is 50.6 Å². The van der Waals surface area contributed by atoms with Gasteiger partial charge in [0.2, 0.25) is 0 Å². The van der Waals surface area contributed by atoms with Gasteiger partial charge in [-0.2, -0.15) is 0 Å². The molecule has 5 fully saturated rings. The van der Waals surface area contributed by atoms with Gasteiger partial charge in [0, 0.05) is 274 Å². The SMILES string of the molecule is C=CC.C=CC.C=CC.C=CC.CC.CC.CC.CC.[2HH].[2HH].[2HH].[2HH].[B].[B].[B].[B].[CH2-]C(=O)CCN1CCC(=O)CC1.[CH2-]C(=O)CCN1CCC(C)(O)CC1.[CH2-]C(=O)CCN1CCC(O)CC1.[CH2-]C(=O)CCN1CCC2(CC1)OCCO2.[Y].[Y].[Y].[Y]. The van der Waals surface area contributed by atoms with Crippen LogP contribution in [0.1, 0.15) is 173 Å². The number of ether oxygens (including phenoxy) is 2. The van der Waals surface area contributed by atoms with E-state index in [1.165, 1.54) is 0 Å². The van der Waals surface area contributed by atoms with E-state index in [2.05, 4.69) is 73.6 Å². The number of aliphatic hydroxyl groups is 2. The fourth-order valence-corrected chi connectivity index (χ4v) is 6.46. The molecule has 0 bridgehead atoms. The summed E-state index contributed by atoms with van der Waals surface area (Å²) in [6.07, 6.45) is 15.4. The van der Waals surface area contributed by atoms with Crippen LogP contribution in [0.2, 0.25) is 0 Å². The molecule has 460 valence electrons. The summed E-state index contributed by atoms with van der Waals surface area (Å²) in [5.74, 6) is 0.0338. The van der Waals surface area contributed by atoms with Crippen LogP contribution in [0.4, 0.5) is 0 Å². The Morgan fingerprint density at radius 3 is 0.963 bits per heavy atom. The molecule has 5 saturated heterocycles. The molecule has 16 radical (unpaired) electrons. The maximum Gasteiger partial charge on any atom is 0.170 e. The van der Waals surface area contributed by atoms with Crippen molar-refractivity contribution in [2.24, 2.45) is 0 Å². The Labute approximate surface area is 610 Å². The van der Waals surface area contributed by atoms with Crippen LogP contribution in [0.5, 0.6) is 0 Å². The first-order chi connectivity index (χ1) is 34.2. The number of aliphatic hydroxyl groups excluding tert-OH is 1. The van der Waals surface area contributed by atoms with Crippen molar-refractivity contribution in [3.8, 4) is 0 Å². The topological polar surface area (TPSA) is 157 Å². The zero-order valence-corrected chi connectivity index (χ0v) is 64.9. The van der Waals surface area contributed by atoms with Crippen molar-refractivity contribution in [2.45, 2.75) is 185 Å². The fourth-order valence-electron chi connectivity index (χ4n) is 6.46. The third-order valence-corrected chi connectivity index (χ3v) is 10.2. The van der Waals surface area contributed by atoms with Crippen molar-refractivity contribution >= 4 is 62.6 Å². The quantitative estimate of drug-likeness (QED) is 0.108. The second kappa shape index (κ2) is 88.9. The molecular weight excluding hydrogens is 1310 g/mol. The summed E-state index contributed by atoms with van der Waals surface area (Å²) in [4.78, 5) is 62.2. The molecule has 13 nitrogen and oxygen atoms in total. The molecule has 0 aromatic heterocycles. The Bertz CT molecular complexity index is 1310. The summed E-state index contributed by atoms with van der Waals surface area (Å²) in [5.41, 5.74) is -0.495. The van der Waals surface area contributed by atoms with Crippen molar-refractivity contribution in [1.82, 2.24) is 19.6 Å². The Balaban J connectivity index is -0.0000000343. The summed E-state index contributed by atoms with van der Waals surface area (Å²) in [6.45, 7) is 64.0. The minimum atomic E-state index is -0.495. The van der Waals surface area contributed by atoms with Crippen LogP contribution in [0.3, 0.4) is 0 Å². The molecule has 0 aromatic rings. The Morgan fingerprint density at radius 1 is 0.512 bits per heavy atom. The summed E-state index contributed by atoms with van der Waals surface area (Å²) >= 11 is 0. The first-order valence-electron chi connectivity index (χ1n) is 27.0. The molecule has 1 spiro atoms. The minimum Gasteiger partial charge on any atom is -0.393 e. The molecule has 0 unspecified atom stereocenters. The van der Waals surface area contributed by atoms with Gasteiger partial charge in [-0.1, -0.05) is 79.7 Å². The number of likely N-dealkylation sites (tertiary alicyclic amines) is 4. The minimum absolute atomic E-state index is 0. The Kier molecular flexibility index (Phi) is 132. The summed E-state index contributed by atoms with van der Waals surface area (Å²) in [5, 5.41) is 18.9. The number of carbonyl (C=O) groups excluding carboxylic acids is 5. The van der Waals surface area contributed by atoms with Crippen molar-refractivity contribution in [3.05, 3.63) is 78.3 Å². The molecule has 0 amide bonds. The van der Waals surface area contributed by atoms with E-state index in [0.717, 1.165) is 130 Å². The molecule has 5 aliphatic heterocycles.